The Hall–Kier alpha value is -0.735. The highest BCUT2D eigenvalue weighted by molar-refractivity contribution is 7.18. The minimum atomic E-state index is -1.20. The lowest BCUT2D eigenvalue weighted by molar-refractivity contribution is 0.210. The Labute approximate surface area is 121 Å². The van der Waals surface area contributed by atoms with Gasteiger partial charge in [-0.25, -0.2) is 4.98 Å². The molecular weight excluding hydrogens is 249 g/mol. The molecule has 1 aliphatic rings. The number of benzene rings is 1. The summed E-state index contributed by atoms with van der Waals surface area (Å²) in [6, 6.07) is 8.27. The third-order valence-electron chi connectivity index (χ3n) is 3.70. The van der Waals surface area contributed by atoms with Crippen molar-refractivity contribution in [2.75, 3.05) is 13.1 Å². The molecule has 0 saturated carbocycles. The molecule has 2 aromatic rings. The quantitative estimate of drug-likeness (QED) is 0.764. The normalized spacial score (nSPS) is 18.9. The first-order chi connectivity index (χ1) is 9.04. The molecule has 0 N–H and O–H groups in total. The average Bonchev–Trinajstić information content (AvgIpc) is 2.81. The van der Waals surface area contributed by atoms with Crippen LogP contribution in [0.15, 0.2) is 24.3 Å². The Morgan fingerprint density at radius 3 is 2.47 bits per heavy atom. The van der Waals surface area contributed by atoms with Gasteiger partial charge in [0, 0.05) is 5.92 Å². The summed E-state index contributed by atoms with van der Waals surface area (Å²) in [5, 5.41) is 0.0240. The highest BCUT2D eigenvalue weighted by atomic mass is 32.1. The van der Waals surface area contributed by atoms with Crippen LogP contribution in [0.3, 0.4) is 0 Å². The predicted octanol–water partition coefficient (Wildman–Crippen LogP) is 1.59. The zero-order chi connectivity index (χ0) is 13.5. The molecule has 0 bridgehead atoms. The standard InChI is InChI=1S/C13H13B3N2S/c14-13(15,16)18-7-5-9(6-8-18)12-17-10-3-1-2-4-11(10)19-12/h1-4,9H,5-8H2. The van der Waals surface area contributed by atoms with Crippen LogP contribution in [-0.4, -0.2) is 51.7 Å². The van der Waals surface area contributed by atoms with Crippen molar-refractivity contribution in [3.8, 4) is 0 Å². The molecule has 3 rings (SSSR count). The van der Waals surface area contributed by atoms with Crippen LogP contribution < -0.4 is 0 Å². The van der Waals surface area contributed by atoms with E-state index in [9.17, 15) is 0 Å². The molecule has 1 aromatic carbocycles. The zero-order valence-electron chi connectivity index (χ0n) is 10.7. The van der Waals surface area contributed by atoms with Crippen molar-refractivity contribution in [3.63, 3.8) is 0 Å². The van der Waals surface area contributed by atoms with Crippen LogP contribution in [0.5, 0.6) is 0 Å². The molecule has 6 heteroatoms. The summed E-state index contributed by atoms with van der Waals surface area (Å²) in [4.78, 5) is 6.66. The summed E-state index contributed by atoms with van der Waals surface area (Å²) in [5.41, 5.74) is 1.09. The molecule has 0 aliphatic carbocycles. The molecule has 2 heterocycles. The molecule has 0 atom stereocenters. The maximum atomic E-state index is 5.72. The van der Waals surface area contributed by atoms with Gasteiger partial charge in [0.05, 0.1) is 38.8 Å². The van der Waals surface area contributed by atoms with Crippen molar-refractivity contribution in [1.29, 1.82) is 0 Å². The highest BCUT2D eigenvalue weighted by Crippen LogP contribution is 2.34. The lowest BCUT2D eigenvalue weighted by Crippen LogP contribution is -2.53. The van der Waals surface area contributed by atoms with E-state index in [0.29, 0.717) is 5.92 Å². The highest BCUT2D eigenvalue weighted by Gasteiger charge is 2.28. The minimum absolute atomic E-state index is 0.496. The summed E-state index contributed by atoms with van der Waals surface area (Å²) in [6.45, 7) is 1.65. The summed E-state index contributed by atoms with van der Waals surface area (Å²) in [5.74, 6) is 0.496. The molecule has 0 spiro atoms. The van der Waals surface area contributed by atoms with E-state index < -0.39 is 5.24 Å². The fraction of sp³-hybridized carbons (Fsp3) is 0.462. The number of thiazole rings is 1. The second-order valence-corrected chi connectivity index (χ2v) is 6.23. The third-order valence-corrected chi connectivity index (χ3v) is 4.90. The smallest absolute Gasteiger partial charge is 0.0970 e. The fourth-order valence-corrected chi connectivity index (χ4v) is 3.71. The first-order valence-electron chi connectivity index (χ1n) is 6.51. The number of fused-ring (bicyclic) bond motifs is 1. The maximum absolute atomic E-state index is 5.72. The van der Waals surface area contributed by atoms with Crippen LogP contribution in [0.2, 0.25) is 0 Å². The van der Waals surface area contributed by atoms with E-state index in [0.717, 1.165) is 31.4 Å². The van der Waals surface area contributed by atoms with Crippen LogP contribution in [0, 0.1) is 0 Å². The fourth-order valence-electron chi connectivity index (χ4n) is 2.58. The molecule has 1 aromatic heterocycles. The second-order valence-electron chi connectivity index (χ2n) is 5.17. The van der Waals surface area contributed by atoms with Gasteiger partial charge in [-0.1, -0.05) is 17.4 Å². The molecule has 1 fully saturated rings. The molecule has 1 saturated heterocycles. The Balaban J connectivity index is 1.74. The van der Waals surface area contributed by atoms with E-state index >= 15 is 0 Å². The molecule has 90 valence electrons. The van der Waals surface area contributed by atoms with Crippen molar-refractivity contribution in [1.82, 2.24) is 9.88 Å². The van der Waals surface area contributed by atoms with Gasteiger partial charge < -0.3 is 4.90 Å². The van der Waals surface area contributed by atoms with Gasteiger partial charge in [-0.3, -0.25) is 0 Å². The van der Waals surface area contributed by atoms with Crippen LogP contribution in [0.25, 0.3) is 10.2 Å². The molecule has 6 radical (unpaired) electrons. The number of piperidine rings is 1. The van der Waals surface area contributed by atoms with Crippen molar-refractivity contribution >= 4 is 45.1 Å². The van der Waals surface area contributed by atoms with E-state index in [2.05, 4.69) is 18.2 Å². The Bertz CT molecular complexity index is 538. The van der Waals surface area contributed by atoms with Crippen LogP contribution in [0.1, 0.15) is 23.8 Å². The Morgan fingerprint density at radius 1 is 1.16 bits per heavy atom. The number of hydrogen-bond acceptors (Lipinski definition) is 3. The van der Waals surface area contributed by atoms with Gasteiger partial charge in [0.1, 0.15) is 0 Å². The topological polar surface area (TPSA) is 16.1 Å². The predicted molar refractivity (Wildman–Crippen MR) is 83.2 cm³/mol. The van der Waals surface area contributed by atoms with Crippen LogP contribution in [-0.2, 0) is 0 Å². The number of rotatable bonds is 2. The first-order valence-corrected chi connectivity index (χ1v) is 7.33. The monoisotopic (exact) mass is 262 g/mol. The van der Waals surface area contributed by atoms with E-state index in [-0.39, 0.29) is 0 Å². The van der Waals surface area contributed by atoms with E-state index in [1.807, 2.05) is 11.0 Å². The minimum Gasteiger partial charge on any atom is -0.322 e. The number of nitrogens with zero attached hydrogens (tertiary/aromatic N) is 2. The van der Waals surface area contributed by atoms with Gasteiger partial charge in [-0.2, -0.15) is 0 Å². The molecule has 0 unspecified atom stereocenters. The zero-order valence-corrected chi connectivity index (χ0v) is 11.6. The van der Waals surface area contributed by atoms with E-state index in [1.54, 1.807) is 11.3 Å². The number of likely N-dealkylation sites (tertiary alicyclic amines) is 1. The maximum Gasteiger partial charge on any atom is 0.0970 e. The number of para-hydroxylation sites is 1. The number of hydrogen-bond donors (Lipinski definition) is 0. The Morgan fingerprint density at radius 2 is 1.84 bits per heavy atom. The lowest BCUT2D eigenvalue weighted by atomic mass is 9.48. The van der Waals surface area contributed by atoms with Gasteiger partial charge in [0.15, 0.2) is 0 Å². The average molecular weight is 262 g/mol. The molecule has 0 amide bonds. The molecule has 2 nitrogen and oxygen atoms in total. The SMILES string of the molecule is [B]C([B])([B])N1CCC(c2nc3ccccc3s2)CC1. The van der Waals surface area contributed by atoms with Crippen LogP contribution in [0.4, 0.5) is 0 Å². The Kier molecular flexibility index (Phi) is 3.48. The van der Waals surface area contributed by atoms with Gasteiger partial charge in [0.2, 0.25) is 0 Å². The number of aromatic nitrogens is 1. The van der Waals surface area contributed by atoms with Crippen molar-refractivity contribution < 1.29 is 0 Å². The third kappa shape index (κ3) is 2.75. The van der Waals surface area contributed by atoms with Crippen molar-refractivity contribution in [2.45, 2.75) is 24.0 Å². The summed E-state index contributed by atoms with van der Waals surface area (Å²) < 4.78 is 1.26. The molecular formula is C13H13B3N2S. The molecule has 1 aliphatic heterocycles. The van der Waals surface area contributed by atoms with Gasteiger partial charge in [0.25, 0.3) is 0 Å². The van der Waals surface area contributed by atoms with E-state index in [4.69, 9.17) is 28.5 Å². The molecule has 19 heavy (non-hydrogen) atoms. The van der Waals surface area contributed by atoms with Gasteiger partial charge >= 0.3 is 0 Å². The summed E-state index contributed by atoms with van der Waals surface area (Å²) >= 11 is 1.79. The van der Waals surface area contributed by atoms with Gasteiger partial charge in [-0.15, -0.1) is 11.3 Å². The van der Waals surface area contributed by atoms with Crippen LogP contribution >= 0.6 is 11.3 Å². The largest absolute Gasteiger partial charge is 0.322 e. The van der Waals surface area contributed by atoms with Crippen molar-refractivity contribution in [3.05, 3.63) is 29.3 Å². The summed E-state index contributed by atoms with van der Waals surface area (Å²) in [7, 11) is 17.2. The summed E-state index contributed by atoms with van der Waals surface area (Å²) in [6.07, 6.45) is 2.01. The van der Waals surface area contributed by atoms with Crippen molar-refractivity contribution in [2.24, 2.45) is 0 Å². The van der Waals surface area contributed by atoms with E-state index in [1.165, 1.54) is 9.71 Å². The second kappa shape index (κ2) is 4.99. The first kappa shape index (κ1) is 13.3. The van der Waals surface area contributed by atoms with Gasteiger partial charge in [-0.05, 0) is 38.1 Å². The lowest BCUT2D eigenvalue weighted by Gasteiger charge is -2.42.